The molecule has 3 amide bonds. The van der Waals surface area contributed by atoms with Crippen molar-refractivity contribution in [2.45, 2.75) is 38.3 Å². The Bertz CT molecular complexity index is 589. The van der Waals surface area contributed by atoms with Gasteiger partial charge in [0.05, 0.1) is 0 Å². The van der Waals surface area contributed by atoms with Crippen LogP contribution in [0, 0.1) is 0 Å². The summed E-state index contributed by atoms with van der Waals surface area (Å²) in [6, 6.07) is 6.74. The molecule has 0 saturated carbocycles. The second-order valence-corrected chi connectivity index (χ2v) is 5.99. The summed E-state index contributed by atoms with van der Waals surface area (Å²) in [5.74, 6) is -0.890. The fourth-order valence-electron chi connectivity index (χ4n) is 2.62. The van der Waals surface area contributed by atoms with Gasteiger partial charge < -0.3 is 16.0 Å². The fourth-order valence-corrected chi connectivity index (χ4v) is 2.75. The molecule has 2 rings (SSSR count). The second-order valence-electron chi connectivity index (χ2n) is 5.56. The van der Waals surface area contributed by atoms with Gasteiger partial charge in [-0.25, -0.2) is 0 Å². The Hall–Kier alpha value is -2.08. The summed E-state index contributed by atoms with van der Waals surface area (Å²) in [5, 5.41) is 3.48. The van der Waals surface area contributed by atoms with Crippen LogP contribution >= 0.6 is 11.6 Å². The van der Waals surface area contributed by atoms with Gasteiger partial charge in [0.25, 0.3) is 0 Å². The zero-order valence-corrected chi connectivity index (χ0v) is 13.5. The molecule has 1 fully saturated rings. The molecule has 1 saturated heterocycles. The van der Waals surface area contributed by atoms with Crippen LogP contribution < -0.4 is 11.1 Å². The highest BCUT2D eigenvalue weighted by Crippen LogP contribution is 2.19. The van der Waals surface area contributed by atoms with Crippen molar-refractivity contribution < 1.29 is 14.4 Å². The van der Waals surface area contributed by atoms with Crippen LogP contribution in [-0.2, 0) is 20.9 Å². The Balaban J connectivity index is 1.88. The third-order valence-corrected chi connectivity index (χ3v) is 4.09. The number of halogens is 1. The molecule has 0 aliphatic carbocycles. The van der Waals surface area contributed by atoms with Gasteiger partial charge in [0.2, 0.25) is 17.7 Å². The molecule has 3 N–H and O–H groups in total. The summed E-state index contributed by atoms with van der Waals surface area (Å²) in [7, 11) is 0. The number of likely N-dealkylation sites (tertiary alicyclic amines) is 1. The average Bonchev–Trinajstić information content (AvgIpc) is 3.01. The fraction of sp³-hybridized carbons (Fsp3) is 0.438. The maximum Gasteiger partial charge on any atom is 0.243 e. The molecule has 1 aromatic rings. The van der Waals surface area contributed by atoms with Gasteiger partial charge >= 0.3 is 0 Å². The van der Waals surface area contributed by atoms with E-state index in [2.05, 4.69) is 5.32 Å². The van der Waals surface area contributed by atoms with Crippen molar-refractivity contribution >= 4 is 29.3 Å². The number of nitrogens with two attached hydrogens (primary N) is 1. The molecule has 0 unspecified atom stereocenters. The van der Waals surface area contributed by atoms with E-state index < -0.39 is 11.9 Å². The number of nitrogens with one attached hydrogen (secondary N) is 1. The maximum absolute atomic E-state index is 12.3. The van der Waals surface area contributed by atoms with E-state index in [-0.39, 0.29) is 24.7 Å². The molecule has 1 heterocycles. The second kappa shape index (κ2) is 7.97. The first kappa shape index (κ1) is 17.3. The minimum absolute atomic E-state index is 0.00838. The van der Waals surface area contributed by atoms with Crippen LogP contribution in [0.15, 0.2) is 24.3 Å². The monoisotopic (exact) mass is 337 g/mol. The molecule has 0 aromatic heterocycles. The summed E-state index contributed by atoms with van der Waals surface area (Å²) in [5.41, 5.74) is 6.00. The molecule has 0 bridgehead atoms. The third-order valence-electron chi connectivity index (χ3n) is 3.84. The summed E-state index contributed by atoms with van der Waals surface area (Å²) in [6.07, 6.45) is 1.47. The minimum atomic E-state index is -0.513. The highest BCUT2D eigenvalue weighted by atomic mass is 35.5. The van der Waals surface area contributed by atoms with E-state index >= 15 is 0 Å². The van der Waals surface area contributed by atoms with Gasteiger partial charge in [-0.15, -0.1) is 0 Å². The van der Waals surface area contributed by atoms with Crippen molar-refractivity contribution in [3.8, 4) is 0 Å². The average molecular weight is 338 g/mol. The van der Waals surface area contributed by atoms with Crippen LogP contribution in [0.2, 0.25) is 5.02 Å². The summed E-state index contributed by atoms with van der Waals surface area (Å²) >= 11 is 5.82. The first-order chi connectivity index (χ1) is 11.0. The number of nitrogens with zero attached hydrogens (tertiary/aromatic N) is 1. The predicted molar refractivity (Wildman–Crippen MR) is 86.5 cm³/mol. The van der Waals surface area contributed by atoms with Crippen LogP contribution in [0.1, 0.15) is 31.2 Å². The van der Waals surface area contributed by atoms with E-state index in [0.29, 0.717) is 24.5 Å². The summed E-state index contributed by atoms with van der Waals surface area (Å²) in [6.45, 7) is 0.923. The molecule has 7 heteroatoms. The highest BCUT2D eigenvalue weighted by molar-refractivity contribution is 6.30. The van der Waals surface area contributed by atoms with Crippen LogP contribution in [0.25, 0.3) is 0 Å². The minimum Gasteiger partial charge on any atom is -0.370 e. The van der Waals surface area contributed by atoms with E-state index in [9.17, 15) is 14.4 Å². The first-order valence-corrected chi connectivity index (χ1v) is 7.95. The number of carbonyl (C=O) groups is 3. The number of carbonyl (C=O) groups excluding carboxylic acids is 3. The molecule has 23 heavy (non-hydrogen) atoms. The van der Waals surface area contributed by atoms with Crippen LogP contribution in [0.3, 0.4) is 0 Å². The lowest BCUT2D eigenvalue weighted by Gasteiger charge is -2.24. The lowest BCUT2D eigenvalue weighted by atomic mass is 10.1. The molecule has 1 aromatic carbocycles. The van der Waals surface area contributed by atoms with Crippen molar-refractivity contribution in [2.24, 2.45) is 5.73 Å². The van der Waals surface area contributed by atoms with Gasteiger partial charge in [-0.05, 0) is 30.5 Å². The standard InChI is InChI=1S/C16H20ClN3O3/c17-12-5-3-11(4-6-12)10-19-16(23)13-2-1-9-20(13)15(22)8-7-14(18)21/h3-6,13H,1-2,7-10H2,(H2,18,21)(H,19,23)/t13-/m0/s1. The number of benzene rings is 1. The summed E-state index contributed by atoms with van der Waals surface area (Å²) in [4.78, 5) is 36.7. The van der Waals surface area contributed by atoms with E-state index in [0.717, 1.165) is 12.0 Å². The Morgan fingerprint density at radius 1 is 1.22 bits per heavy atom. The molecule has 0 radical (unpaired) electrons. The van der Waals surface area contributed by atoms with E-state index in [1.807, 2.05) is 12.1 Å². The molecule has 1 aliphatic heterocycles. The number of rotatable bonds is 6. The smallest absolute Gasteiger partial charge is 0.243 e. The predicted octanol–water partition coefficient (Wildman–Crippen LogP) is 1.21. The molecular formula is C16H20ClN3O3. The van der Waals surface area contributed by atoms with Gasteiger partial charge in [0, 0.05) is 31.0 Å². The van der Waals surface area contributed by atoms with Crippen molar-refractivity contribution in [1.82, 2.24) is 10.2 Å². The molecule has 124 valence electrons. The lowest BCUT2D eigenvalue weighted by molar-refractivity contribution is -0.139. The topological polar surface area (TPSA) is 92.5 Å². The lowest BCUT2D eigenvalue weighted by Crippen LogP contribution is -2.45. The van der Waals surface area contributed by atoms with E-state index in [1.54, 1.807) is 17.0 Å². The Morgan fingerprint density at radius 2 is 1.91 bits per heavy atom. The van der Waals surface area contributed by atoms with Crippen LogP contribution in [0.4, 0.5) is 0 Å². The van der Waals surface area contributed by atoms with E-state index in [4.69, 9.17) is 17.3 Å². The molecule has 6 nitrogen and oxygen atoms in total. The van der Waals surface area contributed by atoms with Crippen molar-refractivity contribution in [3.05, 3.63) is 34.9 Å². The number of hydrogen-bond donors (Lipinski definition) is 2. The molecule has 1 atom stereocenters. The van der Waals surface area contributed by atoms with Gasteiger partial charge in [-0.3, -0.25) is 14.4 Å². The Labute approximate surface area is 140 Å². The van der Waals surface area contributed by atoms with Gasteiger partial charge in [-0.2, -0.15) is 0 Å². The molecular weight excluding hydrogens is 318 g/mol. The van der Waals surface area contributed by atoms with Crippen molar-refractivity contribution in [3.63, 3.8) is 0 Å². The molecule has 1 aliphatic rings. The third kappa shape index (κ3) is 4.96. The number of hydrogen-bond acceptors (Lipinski definition) is 3. The number of amides is 3. The van der Waals surface area contributed by atoms with Crippen LogP contribution in [0.5, 0.6) is 0 Å². The zero-order valence-electron chi connectivity index (χ0n) is 12.8. The number of primary amides is 1. The normalized spacial score (nSPS) is 17.1. The Kier molecular flexibility index (Phi) is 5.98. The van der Waals surface area contributed by atoms with Crippen molar-refractivity contribution in [1.29, 1.82) is 0 Å². The van der Waals surface area contributed by atoms with Crippen LogP contribution in [-0.4, -0.2) is 35.2 Å². The summed E-state index contributed by atoms with van der Waals surface area (Å²) < 4.78 is 0. The van der Waals surface area contributed by atoms with Gasteiger partial charge in [0.1, 0.15) is 6.04 Å². The van der Waals surface area contributed by atoms with E-state index in [1.165, 1.54) is 0 Å². The van der Waals surface area contributed by atoms with Crippen molar-refractivity contribution in [2.75, 3.05) is 6.54 Å². The molecule has 0 spiro atoms. The first-order valence-electron chi connectivity index (χ1n) is 7.57. The maximum atomic E-state index is 12.3. The zero-order chi connectivity index (χ0) is 16.8. The largest absolute Gasteiger partial charge is 0.370 e. The SMILES string of the molecule is NC(=O)CCC(=O)N1CCC[C@H]1C(=O)NCc1ccc(Cl)cc1. The van der Waals surface area contributed by atoms with Gasteiger partial charge in [0.15, 0.2) is 0 Å². The highest BCUT2D eigenvalue weighted by Gasteiger charge is 2.33. The van der Waals surface area contributed by atoms with Gasteiger partial charge in [-0.1, -0.05) is 23.7 Å². The Morgan fingerprint density at radius 3 is 2.57 bits per heavy atom. The quantitative estimate of drug-likeness (QED) is 0.817.